The van der Waals surface area contributed by atoms with Crippen molar-refractivity contribution < 1.29 is 17.9 Å². The molecule has 22 heavy (non-hydrogen) atoms. The molecule has 4 rings (SSSR count). The first-order chi connectivity index (χ1) is 10.6. The van der Waals surface area contributed by atoms with Gasteiger partial charge in [-0.15, -0.1) is 0 Å². The Kier molecular flexibility index (Phi) is 3.39. The highest BCUT2D eigenvalue weighted by Gasteiger charge is 2.51. The van der Waals surface area contributed by atoms with Crippen LogP contribution in [0.25, 0.3) is 0 Å². The summed E-state index contributed by atoms with van der Waals surface area (Å²) in [5, 5.41) is -0.147. The second kappa shape index (κ2) is 5.18. The molecule has 6 nitrogen and oxygen atoms in total. The van der Waals surface area contributed by atoms with E-state index in [0.29, 0.717) is 19.7 Å². The highest BCUT2D eigenvalue weighted by molar-refractivity contribution is 7.90. The third kappa shape index (κ3) is 2.61. The van der Waals surface area contributed by atoms with Gasteiger partial charge in [-0.2, -0.15) is 4.31 Å². The van der Waals surface area contributed by atoms with E-state index >= 15 is 0 Å². The molecule has 1 aliphatic carbocycles. The summed E-state index contributed by atoms with van der Waals surface area (Å²) in [6.45, 7) is 1.55. The van der Waals surface area contributed by atoms with Crippen LogP contribution >= 0.6 is 0 Å². The zero-order valence-electron chi connectivity index (χ0n) is 12.3. The van der Waals surface area contributed by atoms with Gasteiger partial charge in [0.25, 0.3) is 0 Å². The maximum atomic E-state index is 12.3. The first kappa shape index (κ1) is 14.4. The maximum Gasteiger partial charge on any atom is 0.217 e. The number of aromatic nitrogens is 1. The summed E-state index contributed by atoms with van der Waals surface area (Å²) in [4.78, 5) is 4.03. The molecule has 1 saturated carbocycles. The molecule has 1 aromatic rings. The van der Waals surface area contributed by atoms with Crippen LogP contribution in [0.2, 0.25) is 0 Å². The predicted octanol–water partition coefficient (Wildman–Crippen LogP) is 1.19. The van der Waals surface area contributed by atoms with Crippen molar-refractivity contribution in [1.29, 1.82) is 0 Å². The van der Waals surface area contributed by atoms with Crippen molar-refractivity contribution in [2.45, 2.75) is 42.6 Å². The van der Waals surface area contributed by atoms with Crippen LogP contribution in [0, 0.1) is 0 Å². The zero-order chi connectivity index (χ0) is 15.2. The standard InChI is InChI=1S/C15H20N2O4S/c18-22(19,14-3-4-14)17-7-5-15(11-17)8-13(10-20-15)21-12-2-1-6-16-9-12/h1-2,6,9,13-14H,3-5,7-8,10-11H2/t13-,15-/m0/s1. The molecule has 1 aromatic heterocycles. The van der Waals surface area contributed by atoms with E-state index < -0.39 is 10.0 Å². The van der Waals surface area contributed by atoms with Gasteiger partial charge in [-0.3, -0.25) is 4.98 Å². The smallest absolute Gasteiger partial charge is 0.217 e. The third-order valence-electron chi connectivity index (χ3n) is 4.70. The van der Waals surface area contributed by atoms with E-state index in [9.17, 15) is 8.42 Å². The van der Waals surface area contributed by atoms with Crippen molar-refractivity contribution in [1.82, 2.24) is 9.29 Å². The molecule has 120 valence electrons. The Labute approximate surface area is 130 Å². The Bertz CT molecular complexity index is 647. The summed E-state index contributed by atoms with van der Waals surface area (Å²) in [6, 6.07) is 3.71. The van der Waals surface area contributed by atoms with Gasteiger partial charge in [-0.05, 0) is 31.4 Å². The number of hydrogen-bond donors (Lipinski definition) is 0. The number of sulfonamides is 1. The lowest BCUT2D eigenvalue weighted by Crippen LogP contribution is -2.37. The number of ether oxygens (including phenoxy) is 2. The van der Waals surface area contributed by atoms with Crippen LogP contribution in [0.3, 0.4) is 0 Å². The van der Waals surface area contributed by atoms with Crippen molar-refractivity contribution in [3.8, 4) is 5.75 Å². The van der Waals surface area contributed by atoms with E-state index in [-0.39, 0.29) is 17.0 Å². The molecule has 0 amide bonds. The van der Waals surface area contributed by atoms with Crippen LogP contribution in [0.15, 0.2) is 24.5 Å². The number of rotatable bonds is 4. The second-order valence-electron chi connectivity index (χ2n) is 6.45. The van der Waals surface area contributed by atoms with Crippen LogP contribution in [0.5, 0.6) is 5.75 Å². The molecule has 3 fully saturated rings. The Morgan fingerprint density at radius 3 is 3.00 bits per heavy atom. The Hall–Kier alpha value is -1.18. The monoisotopic (exact) mass is 324 g/mol. The minimum Gasteiger partial charge on any atom is -0.486 e. The number of hydrogen-bond acceptors (Lipinski definition) is 5. The fourth-order valence-corrected chi connectivity index (χ4v) is 5.29. The summed E-state index contributed by atoms with van der Waals surface area (Å²) in [6.07, 6.45) is 6.46. The van der Waals surface area contributed by atoms with E-state index in [2.05, 4.69) is 4.98 Å². The summed E-state index contributed by atoms with van der Waals surface area (Å²) < 4.78 is 38.1. The van der Waals surface area contributed by atoms with Gasteiger partial charge in [0.1, 0.15) is 11.9 Å². The molecule has 0 aromatic carbocycles. The lowest BCUT2D eigenvalue weighted by atomic mass is 9.98. The molecular formula is C15H20N2O4S. The SMILES string of the molecule is O=S(=O)(C1CC1)N1CC[C@]2(C[C@H](Oc3cccnc3)CO2)C1. The van der Waals surface area contributed by atoms with Crippen molar-refractivity contribution in [3.63, 3.8) is 0 Å². The normalized spacial score (nSPS) is 32.6. The van der Waals surface area contributed by atoms with E-state index in [1.54, 1.807) is 16.7 Å². The lowest BCUT2D eigenvalue weighted by molar-refractivity contribution is 0.0143. The van der Waals surface area contributed by atoms with Gasteiger partial charge in [0.15, 0.2) is 0 Å². The molecule has 0 N–H and O–H groups in total. The van der Waals surface area contributed by atoms with Gasteiger partial charge in [-0.25, -0.2) is 8.42 Å². The summed E-state index contributed by atoms with van der Waals surface area (Å²) in [5.41, 5.74) is -0.366. The van der Waals surface area contributed by atoms with Crippen molar-refractivity contribution in [2.24, 2.45) is 0 Å². The zero-order valence-corrected chi connectivity index (χ0v) is 13.2. The first-order valence-corrected chi connectivity index (χ1v) is 9.27. The van der Waals surface area contributed by atoms with E-state index in [1.165, 1.54) is 0 Å². The van der Waals surface area contributed by atoms with Gasteiger partial charge >= 0.3 is 0 Å². The van der Waals surface area contributed by atoms with Gasteiger partial charge in [0.05, 0.1) is 23.7 Å². The van der Waals surface area contributed by atoms with Crippen molar-refractivity contribution >= 4 is 10.0 Å². The Morgan fingerprint density at radius 1 is 1.41 bits per heavy atom. The summed E-state index contributed by atoms with van der Waals surface area (Å²) >= 11 is 0. The van der Waals surface area contributed by atoms with Gasteiger partial charge in [0, 0.05) is 25.7 Å². The fraction of sp³-hybridized carbons (Fsp3) is 0.667. The quantitative estimate of drug-likeness (QED) is 0.832. The van der Waals surface area contributed by atoms with Gasteiger partial charge in [0.2, 0.25) is 10.0 Å². The summed E-state index contributed by atoms with van der Waals surface area (Å²) in [7, 11) is -3.10. The molecule has 0 radical (unpaired) electrons. The van der Waals surface area contributed by atoms with Crippen LogP contribution in [-0.4, -0.2) is 54.4 Å². The van der Waals surface area contributed by atoms with Crippen LogP contribution in [0.1, 0.15) is 25.7 Å². The maximum absolute atomic E-state index is 12.3. The topological polar surface area (TPSA) is 68.7 Å². The molecule has 3 heterocycles. The van der Waals surface area contributed by atoms with Gasteiger partial charge < -0.3 is 9.47 Å². The predicted molar refractivity (Wildman–Crippen MR) is 80.1 cm³/mol. The lowest BCUT2D eigenvalue weighted by Gasteiger charge is -2.23. The van der Waals surface area contributed by atoms with Crippen LogP contribution in [-0.2, 0) is 14.8 Å². The second-order valence-corrected chi connectivity index (χ2v) is 8.67. The highest BCUT2D eigenvalue weighted by Crippen LogP contribution is 2.40. The Morgan fingerprint density at radius 2 is 2.27 bits per heavy atom. The van der Waals surface area contributed by atoms with E-state index in [0.717, 1.165) is 31.4 Å². The first-order valence-electron chi connectivity index (χ1n) is 7.77. The molecule has 0 bridgehead atoms. The molecule has 1 spiro atoms. The molecule has 2 saturated heterocycles. The molecule has 3 aliphatic rings. The molecule has 7 heteroatoms. The van der Waals surface area contributed by atoms with E-state index in [4.69, 9.17) is 9.47 Å². The molecule has 0 unspecified atom stereocenters. The Balaban J connectivity index is 1.40. The third-order valence-corrected chi connectivity index (χ3v) is 7.04. The van der Waals surface area contributed by atoms with E-state index in [1.807, 2.05) is 12.1 Å². The molecular weight excluding hydrogens is 304 g/mol. The van der Waals surface area contributed by atoms with Crippen LogP contribution in [0.4, 0.5) is 0 Å². The van der Waals surface area contributed by atoms with Crippen LogP contribution < -0.4 is 4.74 Å². The largest absolute Gasteiger partial charge is 0.486 e. The molecule has 2 aliphatic heterocycles. The fourth-order valence-electron chi connectivity index (χ4n) is 3.37. The minimum absolute atomic E-state index is 0.0345. The van der Waals surface area contributed by atoms with Gasteiger partial charge in [-0.1, -0.05) is 0 Å². The van der Waals surface area contributed by atoms with Crippen molar-refractivity contribution in [3.05, 3.63) is 24.5 Å². The number of pyridine rings is 1. The minimum atomic E-state index is -3.10. The molecule has 2 atom stereocenters. The summed E-state index contributed by atoms with van der Waals surface area (Å²) in [5.74, 6) is 0.730. The highest BCUT2D eigenvalue weighted by atomic mass is 32.2. The van der Waals surface area contributed by atoms with Crippen molar-refractivity contribution in [2.75, 3.05) is 19.7 Å². The number of nitrogens with zero attached hydrogens (tertiary/aromatic N) is 2. The average molecular weight is 324 g/mol. The average Bonchev–Trinajstić information content (AvgIpc) is 3.20.